The Kier molecular flexibility index (Phi) is 11.3. The van der Waals surface area contributed by atoms with Gasteiger partial charge in [0.25, 0.3) is 5.91 Å². The third-order valence-electron chi connectivity index (χ3n) is 6.43. The van der Waals surface area contributed by atoms with Gasteiger partial charge in [-0.05, 0) is 72.4 Å². The highest BCUT2D eigenvalue weighted by Crippen LogP contribution is 2.19. The van der Waals surface area contributed by atoms with Gasteiger partial charge in [-0.15, -0.1) is 0 Å². The topological polar surface area (TPSA) is 176 Å². The second kappa shape index (κ2) is 14.9. The van der Waals surface area contributed by atoms with Crippen molar-refractivity contribution in [3.8, 4) is 5.75 Å². The van der Waals surface area contributed by atoms with Crippen LogP contribution in [-0.2, 0) is 27.2 Å². The van der Waals surface area contributed by atoms with Crippen LogP contribution in [0.3, 0.4) is 0 Å². The number of carboxylic acids is 1. The molecule has 3 atom stereocenters. The van der Waals surface area contributed by atoms with Gasteiger partial charge in [0.1, 0.15) is 17.8 Å². The van der Waals surface area contributed by atoms with Crippen LogP contribution >= 0.6 is 11.8 Å². The van der Waals surface area contributed by atoms with Crippen LogP contribution in [0.2, 0.25) is 0 Å². The quantitative estimate of drug-likeness (QED) is 0.191. The third kappa shape index (κ3) is 8.82. The minimum absolute atomic E-state index is 0.0236. The van der Waals surface area contributed by atoms with E-state index in [0.717, 1.165) is 4.90 Å². The average molecular weight is 579 g/mol. The van der Waals surface area contributed by atoms with Gasteiger partial charge in [-0.3, -0.25) is 19.3 Å². The molecule has 3 aromatic carbocycles. The molecular formula is C30H34N4O6S. The van der Waals surface area contributed by atoms with Crippen molar-refractivity contribution in [3.63, 3.8) is 0 Å². The Balaban J connectivity index is 2.05. The van der Waals surface area contributed by atoms with Crippen molar-refractivity contribution < 1.29 is 29.4 Å². The van der Waals surface area contributed by atoms with Crippen LogP contribution in [0.5, 0.6) is 5.75 Å². The molecule has 0 heterocycles. The number of nitrogens with two attached hydrogens (primary N) is 2. The number of imide groups is 1. The molecule has 0 saturated carbocycles. The molecular weight excluding hydrogens is 544 g/mol. The number of nitrogens with one attached hydrogen (secondary N) is 1. The highest BCUT2D eigenvalue weighted by Gasteiger charge is 2.39. The molecule has 0 aliphatic heterocycles. The van der Waals surface area contributed by atoms with E-state index in [4.69, 9.17) is 11.5 Å². The van der Waals surface area contributed by atoms with Crippen molar-refractivity contribution in [2.24, 2.45) is 5.73 Å². The van der Waals surface area contributed by atoms with Gasteiger partial charge in [0, 0.05) is 17.7 Å². The molecule has 11 heteroatoms. The van der Waals surface area contributed by atoms with Gasteiger partial charge in [0.2, 0.25) is 11.8 Å². The summed E-state index contributed by atoms with van der Waals surface area (Å²) in [4.78, 5) is 54.4. The Bertz CT molecular complexity index is 1340. The minimum atomic E-state index is -1.41. The van der Waals surface area contributed by atoms with Crippen molar-refractivity contribution >= 4 is 41.1 Å². The number of amides is 3. The Morgan fingerprint density at radius 1 is 0.902 bits per heavy atom. The van der Waals surface area contributed by atoms with Crippen molar-refractivity contribution in [3.05, 3.63) is 95.6 Å². The summed E-state index contributed by atoms with van der Waals surface area (Å²) in [6, 6.07) is 16.9. The number of phenols is 1. The molecule has 0 aliphatic rings. The zero-order chi connectivity index (χ0) is 29.9. The van der Waals surface area contributed by atoms with E-state index in [1.165, 1.54) is 48.2 Å². The maximum absolute atomic E-state index is 13.9. The average Bonchev–Trinajstić information content (AvgIpc) is 2.96. The number of nitrogen functional groups attached to an aromatic ring is 1. The Labute approximate surface area is 242 Å². The number of rotatable bonds is 13. The Morgan fingerprint density at radius 2 is 1.51 bits per heavy atom. The molecule has 0 spiro atoms. The largest absolute Gasteiger partial charge is 0.508 e. The van der Waals surface area contributed by atoms with E-state index in [9.17, 15) is 29.4 Å². The summed E-state index contributed by atoms with van der Waals surface area (Å²) in [5.41, 5.74) is 13.9. The SMILES string of the molecule is CSCC[C@H](NC(=O)[C@H](Cc1ccccc1)N(C(=O)c1ccc(N)cc1)C(=O)[C@@H](N)Cc1ccc(O)cc1)C(=O)O. The molecule has 41 heavy (non-hydrogen) atoms. The van der Waals surface area contributed by atoms with Crippen LogP contribution in [0.15, 0.2) is 78.9 Å². The lowest BCUT2D eigenvalue weighted by molar-refractivity contribution is -0.143. The normalized spacial score (nSPS) is 13.0. The van der Waals surface area contributed by atoms with Gasteiger partial charge >= 0.3 is 5.97 Å². The number of thioether (sulfide) groups is 1. The molecule has 0 aromatic heterocycles. The van der Waals surface area contributed by atoms with E-state index in [-0.39, 0.29) is 30.6 Å². The zero-order valence-electron chi connectivity index (χ0n) is 22.6. The summed E-state index contributed by atoms with van der Waals surface area (Å²) in [7, 11) is 0. The highest BCUT2D eigenvalue weighted by molar-refractivity contribution is 7.98. The predicted molar refractivity (Wildman–Crippen MR) is 158 cm³/mol. The van der Waals surface area contributed by atoms with E-state index < -0.39 is 41.8 Å². The zero-order valence-corrected chi connectivity index (χ0v) is 23.4. The summed E-state index contributed by atoms with van der Waals surface area (Å²) in [5, 5.41) is 21.9. The van der Waals surface area contributed by atoms with E-state index >= 15 is 0 Å². The number of benzene rings is 3. The first-order valence-electron chi connectivity index (χ1n) is 12.9. The highest BCUT2D eigenvalue weighted by atomic mass is 32.2. The number of carbonyl (C=O) groups is 4. The van der Waals surface area contributed by atoms with E-state index in [2.05, 4.69) is 5.32 Å². The lowest BCUT2D eigenvalue weighted by Crippen LogP contribution is -2.59. The molecule has 3 amide bonds. The van der Waals surface area contributed by atoms with Gasteiger partial charge < -0.3 is 27.0 Å². The number of phenolic OH excluding ortho intramolecular Hbond substituents is 1. The second-order valence-corrected chi connectivity index (χ2v) is 10.5. The summed E-state index contributed by atoms with van der Waals surface area (Å²) in [6.07, 6.45) is 1.93. The number of carbonyl (C=O) groups excluding carboxylic acids is 3. The predicted octanol–water partition coefficient (Wildman–Crippen LogP) is 2.45. The van der Waals surface area contributed by atoms with Crippen molar-refractivity contribution in [2.75, 3.05) is 17.7 Å². The minimum Gasteiger partial charge on any atom is -0.508 e. The smallest absolute Gasteiger partial charge is 0.326 e. The van der Waals surface area contributed by atoms with E-state index in [1.807, 2.05) is 6.26 Å². The Morgan fingerprint density at radius 3 is 2.10 bits per heavy atom. The maximum atomic E-state index is 13.9. The van der Waals surface area contributed by atoms with Gasteiger partial charge in [0.05, 0.1) is 6.04 Å². The van der Waals surface area contributed by atoms with Gasteiger partial charge in [0.15, 0.2) is 0 Å². The molecule has 0 bridgehead atoms. The molecule has 0 aliphatic carbocycles. The number of hydrogen-bond donors (Lipinski definition) is 5. The number of aliphatic carboxylic acids is 1. The number of anilines is 1. The maximum Gasteiger partial charge on any atom is 0.326 e. The molecule has 7 N–H and O–H groups in total. The van der Waals surface area contributed by atoms with Gasteiger partial charge in [-0.1, -0.05) is 42.5 Å². The molecule has 0 radical (unpaired) electrons. The van der Waals surface area contributed by atoms with Crippen molar-refractivity contribution in [2.45, 2.75) is 37.4 Å². The first kappa shape index (κ1) is 31.2. The standard InChI is InChI=1S/C30H34N4O6S/c1-41-16-15-25(30(39)40)33-27(36)26(18-19-5-3-2-4-6-19)34(28(37)21-9-11-22(31)12-10-21)29(38)24(32)17-20-7-13-23(35)14-8-20/h2-14,24-26,35H,15-18,31-32H2,1H3,(H,33,36)(H,39,40)/t24-,25-,26-/m0/s1. The fraction of sp³-hybridized carbons (Fsp3) is 0.267. The van der Waals surface area contributed by atoms with Crippen LogP contribution in [0, 0.1) is 0 Å². The number of nitrogens with zero attached hydrogens (tertiary/aromatic N) is 1. The summed E-state index contributed by atoms with van der Waals surface area (Å²) in [6.45, 7) is 0. The Hall–Kier alpha value is -4.35. The fourth-order valence-corrected chi connectivity index (χ4v) is 4.68. The molecule has 10 nitrogen and oxygen atoms in total. The second-order valence-electron chi connectivity index (χ2n) is 9.50. The van der Waals surface area contributed by atoms with Gasteiger partial charge in [-0.25, -0.2) is 4.79 Å². The van der Waals surface area contributed by atoms with E-state index in [0.29, 0.717) is 22.6 Å². The van der Waals surface area contributed by atoms with E-state index in [1.54, 1.807) is 42.5 Å². The monoisotopic (exact) mass is 578 g/mol. The number of aromatic hydroxyl groups is 1. The third-order valence-corrected chi connectivity index (χ3v) is 7.08. The van der Waals surface area contributed by atoms with Crippen LogP contribution in [-0.4, -0.2) is 68.9 Å². The van der Waals surface area contributed by atoms with Crippen molar-refractivity contribution in [1.29, 1.82) is 0 Å². The molecule has 0 fully saturated rings. The molecule has 0 unspecified atom stereocenters. The number of carboxylic acid groups (broad SMARTS) is 1. The fourth-order valence-electron chi connectivity index (χ4n) is 4.21. The van der Waals surface area contributed by atoms with Crippen LogP contribution < -0.4 is 16.8 Å². The summed E-state index contributed by atoms with van der Waals surface area (Å²) < 4.78 is 0. The molecule has 3 rings (SSSR count). The molecule has 216 valence electrons. The van der Waals surface area contributed by atoms with Crippen LogP contribution in [0.4, 0.5) is 5.69 Å². The lowest BCUT2D eigenvalue weighted by atomic mass is 9.99. The first-order chi connectivity index (χ1) is 19.6. The van der Waals surface area contributed by atoms with Gasteiger partial charge in [-0.2, -0.15) is 11.8 Å². The number of hydrogen-bond acceptors (Lipinski definition) is 8. The first-order valence-corrected chi connectivity index (χ1v) is 14.3. The molecule has 3 aromatic rings. The van der Waals surface area contributed by atoms with Crippen LogP contribution in [0.1, 0.15) is 27.9 Å². The van der Waals surface area contributed by atoms with Crippen LogP contribution in [0.25, 0.3) is 0 Å². The summed E-state index contributed by atoms with van der Waals surface area (Å²) in [5.74, 6) is -3.09. The lowest BCUT2D eigenvalue weighted by Gasteiger charge is -2.32. The molecule has 0 saturated heterocycles. The van der Waals surface area contributed by atoms with Crippen molar-refractivity contribution in [1.82, 2.24) is 10.2 Å². The summed E-state index contributed by atoms with van der Waals surface area (Å²) >= 11 is 1.43.